The summed E-state index contributed by atoms with van der Waals surface area (Å²) in [5.74, 6) is -0.640. The van der Waals surface area contributed by atoms with Gasteiger partial charge in [0.15, 0.2) is 5.96 Å². The molecule has 0 aliphatic carbocycles. The van der Waals surface area contributed by atoms with Crippen LogP contribution in [0, 0.1) is 0 Å². The minimum Gasteiger partial charge on any atom is -0.370 e. The molecular formula is C22H31N7O5S. The fraction of sp³-hybridized carbons (Fsp3) is 0.364. The first-order chi connectivity index (χ1) is 16.6. The van der Waals surface area contributed by atoms with E-state index in [1.165, 1.54) is 13.2 Å². The van der Waals surface area contributed by atoms with Crippen molar-refractivity contribution in [2.75, 3.05) is 18.3 Å². The first-order valence-corrected chi connectivity index (χ1v) is 12.4. The minimum absolute atomic E-state index is 0.0621. The molecule has 35 heavy (non-hydrogen) atoms. The number of benzene rings is 1. The maximum atomic E-state index is 13.1. The number of hydrogen-bond acceptors (Lipinski definition) is 6. The number of amides is 1. The van der Waals surface area contributed by atoms with Gasteiger partial charge in [0.05, 0.1) is 6.04 Å². The van der Waals surface area contributed by atoms with Gasteiger partial charge in [-0.2, -0.15) is 8.42 Å². The zero-order valence-electron chi connectivity index (χ0n) is 19.4. The predicted molar refractivity (Wildman–Crippen MR) is 134 cm³/mol. The fourth-order valence-corrected chi connectivity index (χ4v) is 3.85. The van der Waals surface area contributed by atoms with Gasteiger partial charge >= 0.3 is 0 Å². The Morgan fingerprint density at radius 3 is 2.51 bits per heavy atom. The topological polar surface area (TPSA) is 191 Å². The van der Waals surface area contributed by atoms with Crippen LogP contribution in [0.25, 0.3) is 0 Å². The van der Waals surface area contributed by atoms with Crippen LogP contribution < -0.4 is 31.8 Å². The van der Waals surface area contributed by atoms with Crippen molar-refractivity contribution < 1.29 is 18.0 Å². The number of nitrogens with one attached hydrogen (secondary N) is 3. The van der Waals surface area contributed by atoms with Gasteiger partial charge in [0.1, 0.15) is 18.5 Å². The van der Waals surface area contributed by atoms with Gasteiger partial charge < -0.3 is 26.1 Å². The summed E-state index contributed by atoms with van der Waals surface area (Å²) in [5.41, 5.74) is 11.2. The number of aryl methyl sites for hydroxylation is 2. The van der Waals surface area contributed by atoms with E-state index < -0.39 is 34.3 Å². The lowest BCUT2D eigenvalue weighted by molar-refractivity contribution is -0.124. The third-order valence-electron chi connectivity index (χ3n) is 5.07. The van der Waals surface area contributed by atoms with E-state index in [2.05, 4.69) is 19.8 Å². The number of guanidine groups is 1. The molecule has 0 fully saturated rings. The molecule has 0 unspecified atom stereocenters. The molecule has 1 aromatic heterocycles. The molecule has 190 valence electrons. The van der Waals surface area contributed by atoms with Crippen molar-refractivity contribution in [1.82, 2.24) is 14.6 Å². The zero-order valence-corrected chi connectivity index (χ0v) is 20.3. The van der Waals surface area contributed by atoms with Crippen LogP contribution in [-0.2, 0) is 39.2 Å². The minimum atomic E-state index is -3.98. The first kappa shape index (κ1) is 27.5. The Labute approximate surface area is 204 Å². The number of pyridine rings is 1. The van der Waals surface area contributed by atoms with Crippen molar-refractivity contribution in [3.05, 3.63) is 64.1 Å². The molecule has 0 saturated carbocycles. The Balaban J connectivity index is 2.17. The first-order valence-electron chi connectivity index (χ1n) is 10.9. The Morgan fingerprint density at radius 2 is 1.89 bits per heavy atom. The summed E-state index contributed by atoms with van der Waals surface area (Å²) in [6.45, 7) is -0.0915. The maximum absolute atomic E-state index is 13.1. The molecule has 0 bridgehead atoms. The summed E-state index contributed by atoms with van der Waals surface area (Å²) in [6.07, 6.45) is 3.78. The number of aromatic nitrogens is 1. The average Bonchev–Trinajstić information content (AvgIpc) is 2.83. The third-order valence-corrected chi connectivity index (χ3v) is 6.09. The van der Waals surface area contributed by atoms with Crippen molar-refractivity contribution in [1.29, 1.82) is 0 Å². The van der Waals surface area contributed by atoms with E-state index in [-0.39, 0.29) is 11.6 Å². The molecule has 1 aromatic carbocycles. The number of hydrogen-bond donors (Lipinski definition) is 5. The number of anilines is 1. The van der Waals surface area contributed by atoms with Gasteiger partial charge in [-0.25, -0.2) is 4.72 Å². The van der Waals surface area contributed by atoms with Crippen LogP contribution in [-0.4, -0.2) is 50.8 Å². The lowest BCUT2D eigenvalue weighted by Gasteiger charge is -2.16. The lowest BCUT2D eigenvalue weighted by Crippen LogP contribution is -2.40. The van der Waals surface area contributed by atoms with Gasteiger partial charge in [-0.1, -0.05) is 30.3 Å². The lowest BCUT2D eigenvalue weighted by atomic mass is 10.0. The van der Waals surface area contributed by atoms with E-state index in [1.54, 1.807) is 6.07 Å². The van der Waals surface area contributed by atoms with Crippen molar-refractivity contribution in [3.63, 3.8) is 0 Å². The number of rotatable bonds is 14. The summed E-state index contributed by atoms with van der Waals surface area (Å²) in [7, 11) is -2.76. The second-order valence-corrected chi connectivity index (χ2v) is 9.32. The van der Waals surface area contributed by atoms with Gasteiger partial charge in [-0.05, 0) is 42.9 Å². The number of nitrogens with two attached hydrogens (primary N) is 2. The van der Waals surface area contributed by atoms with Crippen LogP contribution in [0.15, 0.2) is 52.4 Å². The molecule has 2 aromatic rings. The highest BCUT2D eigenvalue weighted by Gasteiger charge is 2.18. The Morgan fingerprint density at radius 1 is 1.17 bits per heavy atom. The quantitative estimate of drug-likeness (QED) is 0.0965. The summed E-state index contributed by atoms with van der Waals surface area (Å²) < 4.78 is 29.7. The highest BCUT2D eigenvalue weighted by atomic mass is 32.2. The van der Waals surface area contributed by atoms with E-state index >= 15 is 0 Å². The molecule has 13 heteroatoms. The summed E-state index contributed by atoms with van der Waals surface area (Å²) in [6, 6.07) is 10.4. The summed E-state index contributed by atoms with van der Waals surface area (Å²) in [5, 5.41) is 2.54. The monoisotopic (exact) mass is 505 g/mol. The number of carbonyl (C=O) groups excluding carboxylic acids is 2. The van der Waals surface area contributed by atoms with Crippen molar-refractivity contribution in [3.8, 4) is 0 Å². The second-order valence-electron chi connectivity index (χ2n) is 7.70. The Kier molecular flexibility index (Phi) is 10.4. The normalized spacial score (nSPS) is 11.9. The van der Waals surface area contributed by atoms with Crippen LogP contribution >= 0.6 is 0 Å². The van der Waals surface area contributed by atoms with E-state index in [1.807, 2.05) is 30.3 Å². The molecule has 1 heterocycles. The smallest absolute Gasteiger partial charge is 0.299 e. The molecule has 0 aliphatic heterocycles. The van der Waals surface area contributed by atoms with E-state index in [0.717, 1.165) is 10.1 Å². The van der Waals surface area contributed by atoms with Gasteiger partial charge in [0, 0.05) is 19.8 Å². The highest BCUT2D eigenvalue weighted by Crippen LogP contribution is 2.15. The Bertz CT molecular complexity index is 1190. The molecule has 7 N–H and O–H groups in total. The summed E-state index contributed by atoms with van der Waals surface area (Å²) in [4.78, 5) is 40.7. The molecule has 0 saturated heterocycles. The van der Waals surface area contributed by atoms with Crippen molar-refractivity contribution >= 4 is 34.0 Å². The molecule has 2 rings (SSSR count). The van der Waals surface area contributed by atoms with E-state index in [9.17, 15) is 22.8 Å². The molecule has 0 spiro atoms. The van der Waals surface area contributed by atoms with Gasteiger partial charge in [-0.3, -0.25) is 19.3 Å². The van der Waals surface area contributed by atoms with Crippen molar-refractivity contribution in [2.45, 2.75) is 38.3 Å². The van der Waals surface area contributed by atoms with Gasteiger partial charge in [0.2, 0.25) is 5.91 Å². The van der Waals surface area contributed by atoms with Crippen LogP contribution in [0.3, 0.4) is 0 Å². The molecular weight excluding hydrogens is 474 g/mol. The van der Waals surface area contributed by atoms with Gasteiger partial charge in [-0.15, -0.1) is 0 Å². The predicted octanol–water partition coefficient (Wildman–Crippen LogP) is -0.753. The highest BCUT2D eigenvalue weighted by molar-refractivity contribution is 7.90. The number of aliphatic imine (C=N–C) groups is 1. The zero-order chi connectivity index (χ0) is 25.8. The SMILES string of the molecule is CNS(=O)(=O)Nc1c(CCc2ccccc2)ccn(CC(=O)N[C@H](C=O)CCCN=C(N)N)c1=O. The van der Waals surface area contributed by atoms with Crippen LogP contribution in [0.4, 0.5) is 5.69 Å². The molecule has 0 radical (unpaired) electrons. The van der Waals surface area contributed by atoms with Crippen LogP contribution in [0.5, 0.6) is 0 Å². The number of carbonyl (C=O) groups is 2. The molecule has 0 aliphatic rings. The van der Waals surface area contributed by atoms with Gasteiger partial charge in [0.25, 0.3) is 15.8 Å². The van der Waals surface area contributed by atoms with Crippen LogP contribution in [0.2, 0.25) is 0 Å². The second kappa shape index (κ2) is 13.2. The molecule has 12 nitrogen and oxygen atoms in total. The standard InChI is InChI=1S/C22H31N7O5S/c1-25-35(33,34)28-20-17(10-9-16-6-3-2-4-7-16)11-13-29(21(20)32)14-19(31)27-18(15-30)8-5-12-26-22(23)24/h2-4,6-7,11,13,15,18,25,28H,5,8-10,12,14H2,1H3,(H,27,31)(H4,23,24,26)/t18-/m0/s1. The number of aldehydes is 1. The maximum Gasteiger partial charge on any atom is 0.299 e. The molecule has 1 amide bonds. The largest absolute Gasteiger partial charge is 0.370 e. The van der Waals surface area contributed by atoms with E-state index in [0.29, 0.717) is 44.1 Å². The fourth-order valence-electron chi connectivity index (χ4n) is 3.26. The Hall–Kier alpha value is -3.71. The van der Waals surface area contributed by atoms with E-state index in [4.69, 9.17) is 11.5 Å². The average molecular weight is 506 g/mol. The van der Waals surface area contributed by atoms with Crippen molar-refractivity contribution in [2.24, 2.45) is 16.5 Å². The molecule has 1 atom stereocenters. The number of nitrogens with zero attached hydrogens (tertiary/aromatic N) is 2. The van der Waals surface area contributed by atoms with Crippen LogP contribution in [0.1, 0.15) is 24.0 Å². The summed E-state index contributed by atoms with van der Waals surface area (Å²) >= 11 is 0. The third kappa shape index (κ3) is 9.22.